The third kappa shape index (κ3) is 5.31. The largest absolute Gasteiger partial charge is 0.356 e. The molecule has 0 saturated carbocycles. The van der Waals surface area contributed by atoms with Crippen LogP contribution in [0.4, 0.5) is 10.2 Å². The maximum Gasteiger partial charge on any atom is 0.356 e. The number of anilines is 1. The maximum atomic E-state index is 16.1. The van der Waals surface area contributed by atoms with Crippen molar-refractivity contribution in [3.8, 4) is 16.3 Å². The number of benzene rings is 1. The van der Waals surface area contributed by atoms with Gasteiger partial charge in [0, 0.05) is 31.2 Å². The summed E-state index contributed by atoms with van der Waals surface area (Å²) in [5, 5.41) is 1.04. The van der Waals surface area contributed by atoms with Crippen molar-refractivity contribution in [1.29, 1.82) is 0 Å². The summed E-state index contributed by atoms with van der Waals surface area (Å²) in [4.78, 5) is 43.6. The monoisotopic (exact) mass is 572 g/mol. The van der Waals surface area contributed by atoms with Crippen LogP contribution in [0.2, 0.25) is 0 Å². The Hall–Kier alpha value is -4.18. The Balaban J connectivity index is 1.78. The Morgan fingerprint density at radius 1 is 1.20 bits per heavy atom. The molecular weight excluding hydrogens is 539 g/mol. The second kappa shape index (κ2) is 11.4. The van der Waals surface area contributed by atoms with Crippen molar-refractivity contribution in [2.45, 2.75) is 46.6 Å². The Morgan fingerprint density at radius 2 is 1.95 bits per heavy atom. The SMILES string of the molecule is C=CC(=O)N1CCN(c2nc(=O)n(-c3scnc3C(C)C)c3nc(-c4ccccc4C=C(C)C)c(F)cc23)[C@@H](C)C1. The molecule has 1 fully saturated rings. The van der Waals surface area contributed by atoms with E-state index < -0.39 is 11.5 Å². The first kappa shape index (κ1) is 28.4. The van der Waals surface area contributed by atoms with E-state index in [1.54, 1.807) is 10.4 Å². The molecule has 0 aliphatic carbocycles. The van der Waals surface area contributed by atoms with E-state index in [2.05, 4.69) is 16.5 Å². The van der Waals surface area contributed by atoms with Crippen LogP contribution in [-0.4, -0.2) is 56.0 Å². The van der Waals surface area contributed by atoms with E-state index in [0.717, 1.165) is 16.8 Å². The predicted octanol–water partition coefficient (Wildman–Crippen LogP) is 5.81. The van der Waals surface area contributed by atoms with Crippen LogP contribution in [0.3, 0.4) is 0 Å². The van der Waals surface area contributed by atoms with Crippen LogP contribution in [-0.2, 0) is 4.79 Å². The van der Waals surface area contributed by atoms with E-state index in [4.69, 9.17) is 4.98 Å². The second-order valence-electron chi connectivity index (χ2n) is 10.8. The molecule has 1 atom stereocenters. The van der Waals surface area contributed by atoms with Crippen molar-refractivity contribution in [3.63, 3.8) is 0 Å². The molecule has 212 valence electrons. The molecule has 0 spiro atoms. The average Bonchev–Trinajstić information content (AvgIpc) is 3.42. The molecule has 1 aliphatic heterocycles. The first-order chi connectivity index (χ1) is 19.6. The van der Waals surface area contributed by atoms with Crippen LogP contribution in [0, 0.1) is 5.82 Å². The minimum absolute atomic E-state index is 0.0479. The Morgan fingerprint density at radius 3 is 2.63 bits per heavy atom. The van der Waals surface area contributed by atoms with Crippen LogP contribution in [0.15, 0.2) is 58.9 Å². The standard InChI is InChI=1S/C31H33FN6O2S/c1-7-25(39)36-12-13-37(20(6)16-36)28-23-15-24(32)27(22-11-9-8-10-21(22)14-18(2)3)34-29(23)38(31(40)35-28)30-26(19(4)5)33-17-41-30/h7-11,14-15,17,19-20H,1,12-13,16H2,2-6H3/t20-/m0/s1. The molecule has 41 heavy (non-hydrogen) atoms. The van der Waals surface area contributed by atoms with Crippen LogP contribution in [0.5, 0.6) is 0 Å². The highest BCUT2D eigenvalue weighted by Gasteiger charge is 2.30. The van der Waals surface area contributed by atoms with E-state index in [-0.39, 0.29) is 23.6 Å². The van der Waals surface area contributed by atoms with Crippen LogP contribution in [0.1, 0.15) is 51.8 Å². The van der Waals surface area contributed by atoms with Gasteiger partial charge in [0.1, 0.15) is 22.3 Å². The lowest BCUT2D eigenvalue weighted by Gasteiger charge is -2.40. The maximum absolute atomic E-state index is 16.1. The number of pyridine rings is 1. The summed E-state index contributed by atoms with van der Waals surface area (Å²) >= 11 is 1.33. The Kier molecular flexibility index (Phi) is 7.86. The number of carbonyl (C=O) groups is 1. The summed E-state index contributed by atoms with van der Waals surface area (Å²) in [5.74, 6) is -0.261. The van der Waals surface area contributed by atoms with Crippen molar-refractivity contribution in [2.24, 2.45) is 0 Å². The van der Waals surface area contributed by atoms with Gasteiger partial charge in [-0.25, -0.2) is 23.7 Å². The molecule has 0 unspecified atom stereocenters. The molecule has 1 saturated heterocycles. The Bertz CT molecular complexity index is 1740. The van der Waals surface area contributed by atoms with Gasteiger partial charge in [0.25, 0.3) is 0 Å². The van der Waals surface area contributed by atoms with Gasteiger partial charge in [0.2, 0.25) is 5.91 Å². The summed E-state index contributed by atoms with van der Waals surface area (Å²) < 4.78 is 17.5. The normalized spacial score (nSPS) is 15.4. The number of halogens is 1. The third-order valence-electron chi connectivity index (χ3n) is 7.17. The summed E-state index contributed by atoms with van der Waals surface area (Å²) in [7, 11) is 0. The fraction of sp³-hybridized carbons (Fsp3) is 0.323. The molecule has 3 aromatic heterocycles. The van der Waals surface area contributed by atoms with E-state index in [0.29, 0.717) is 47.1 Å². The highest BCUT2D eigenvalue weighted by molar-refractivity contribution is 7.12. The quantitative estimate of drug-likeness (QED) is 0.271. The van der Waals surface area contributed by atoms with Gasteiger partial charge in [-0.1, -0.05) is 56.3 Å². The number of hydrogen-bond donors (Lipinski definition) is 0. The molecular formula is C31H33FN6O2S. The summed E-state index contributed by atoms with van der Waals surface area (Å²) in [6.07, 6.45) is 3.28. The molecule has 0 radical (unpaired) electrons. The molecule has 4 aromatic rings. The van der Waals surface area contributed by atoms with Crippen molar-refractivity contribution in [2.75, 3.05) is 24.5 Å². The van der Waals surface area contributed by atoms with Gasteiger partial charge >= 0.3 is 5.69 Å². The summed E-state index contributed by atoms with van der Waals surface area (Å²) in [6, 6.07) is 8.76. The summed E-state index contributed by atoms with van der Waals surface area (Å²) in [5.41, 5.74) is 4.92. The van der Waals surface area contributed by atoms with Gasteiger partial charge in [0.05, 0.1) is 16.6 Å². The molecule has 0 bridgehead atoms. The van der Waals surface area contributed by atoms with Crippen LogP contribution < -0.4 is 10.6 Å². The number of nitrogens with zero attached hydrogens (tertiary/aromatic N) is 6. The van der Waals surface area contributed by atoms with Crippen LogP contribution in [0.25, 0.3) is 33.4 Å². The van der Waals surface area contributed by atoms with Gasteiger partial charge in [-0.3, -0.25) is 4.79 Å². The Labute approximate surface area is 242 Å². The smallest absolute Gasteiger partial charge is 0.350 e. The van der Waals surface area contributed by atoms with Crippen molar-refractivity contribution >= 4 is 40.2 Å². The van der Waals surface area contributed by atoms with Gasteiger partial charge in [-0.05, 0) is 44.4 Å². The number of thiazole rings is 1. The number of allylic oxidation sites excluding steroid dienone is 1. The van der Waals surface area contributed by atoms with E-state index in [1.165, 1.54) is 28.0 Å². The topological polar surface area (TPSA) is 84.2 Å². The molecule has 4 heterocycles. The van der Waals surface area contributed by atoms with Gasteiger partial charge in [-0.15, -0.1) is 11.3 Å². The number of fused-ring (bicyclic) bond motifs is 1. The average molecular weight is 573 g/mol. The predicted molar refractivity (Wildman–Crippen MR) is 163 cm³/mol. The van der Waals surface area contributed by atoms with E-state index in [9.17, 15) is 9.59 Å². The first-order valence-corrected chi connectivity index (χ1v) is 14.5. The van der Waals surface area contributed by atoms with Gasteiger partial charge < -0.3 is 9.80 Å². The molecule has 10 heteroatoms. The fourth-order valence-corrected chi connectivity index (χ4v) is 6.20. The number of piperazine rings is 1. The lowest BCUT2D eigenvalue weighted by Crippen LogP contribution is -2.54. The zero-order valence-electron chi connectivity index (χ0n) is 23.9. The highest BCUT2D eigenvalue weighted by atomic mass is 32.1. The number of hydrogen-bond acceptors (Lipinski definition) is 7. The highest BCUT2D eigenvalue weighted by Crippen LogP contribution is 2.35. The minimum Gasteiger partial charge on any atom is -0.350 e. The van der Waals surface area contributed by atoms with Gasteiger partial charge in [0.15, 0.2) is 5.65 Å². The number of amides is 1. The second-order valence-corrected chi connectivity index (χ2v) is 11.6. The summed E-state index contributed by atoms with van der Waals surface area (Å²) in [6.45, 7) is 14.8. The van der Waals surface area contributed by atoms with E-state index >= 15 is 4.39 Å². The lowest BCUT2D eigenvalue weighted by atomic mass is 10.0. The van der Waals surface area contributed by atoms with Gasteiger partial charge in [-0.2, -0.15) is 4.98 Å². The molecule has 8 nitrogen and oxygen atoms in total. The molecule has 0 N–H and O–H groups in total. The number of aromatic nitrogens is 4. The molecule has 5 rings (SSSR count). The number of rotatable bonds is 6. The molecule has 1 amide bonds. The first-order valence-electron chi connectivity index (χ1n) is 13.6. The lowest BCUT2D eigenvalue weighted by molar-refractivity contribution is -0.126. The van der Waals surface area contributed by atoms with Crippen molar-refractivity contribution < 1.29 is 9.18 Å². The minimum atomic E-state index is -0.516. The number of carbonyl (C=O) groups excluding carboxylic acids is 1. The molecule has 1 aromatic carbocycles. The fourth-order valence-electron chi connectivity index (χ4n) is 5.26. The third-order valence-corrected chi connectivity index (χ3v) is 8.00. The van der Waals surface area contributed by atoms with Crippen molar-refractivity contribution in [3.05, 3.63) is 81.6 Å². The molecule has 1 aliphatic rings. The zero-order valence-corrected chi connectivity index (χ0v) is 24.7. The van der Waals surface area contributed by atoms with Crippen molar-refractivity contribution in [1.82, 2.24) is 24.4 Å². The van der Waals surface area contributed by atoms with Crippen LogP contribution >= 0.6 is 11.3 Å². The zero-order chi connectivity index (χ0) is 29.4. The van der Waals surface area contributed by atoms with E-state index in [1.807, 2.05) is 69.9 Å².